The van der Waals surface area contributed by atoms with Gasteiger partial charge in [-0.25, -0.2) is 0 Å². The van der Waals surface area contributed by atoms with Gasteiger partial charge in [0.25, 0.3) is 0 Å². The molecular weight excluding hydrogens is 412 g/mol. The first-order chi connectivity index (χ1) is 16.1. The van der Waals surface area contributed by atoms with Crippen LogP contribution in [0.3, 0.4) is 0 Å². The van der Waals surface area contributed by atoms with Crippen molar-refractivity contribution in [1.82, 2.24) is 0 Å². The summed E-state index contributed by atoms with van der Waals surface area (Å²) in [6, 6.07) is 22.0. The van der Waals surface area contributed by atoms with E-state index in [-0.39, 0.29) is 17.7 Å². The van der Waals surface area contributed by atoms with Crippen molar-refractivity contribution in [2.45, 2.75) is 31.7 Å². The molecule has 5 heteroatoms. The van der Waals surface area contributed by atoms with Gasteiger partial charge in [0, 0.05) is 23.3 Å². The molecule has 3 aromatic carbocycles. The third kappa shape index (κ3) is 3.84. The minimum atomic E-state index is -0.354. The van der Waals surface area contributed by atoms with E-state index in [1.165, 1.54) is 11.1 Å². The van der Waals surface area contributed by atoms with E-state index in [1.54, 1.807) is 14.2 Å². The van der Waals surface area contributed by atoms with Crippen LogP contribution in [-0.2, 0) is 4.79 Å². The first-order valence-corrected chi connectivity index (χ1v) is 11.2. The number of allylic oxidation sites excluding steroid dienone is 1. The molecule has 5 rings (SSSR count). The van der Waals surface area contributed by atoms with Gasteiger partial charge in [-0.3, -0.25) is 4.79 Å². The van der Waals surface area contributed by atoms with Crippen LogP contribution in [0.5, 0.6) is 11.5 Å². The molecule has 0 saturated carbocycles. The van der Waals surface area contributed by atoms with Crippen LogP contribution < -0.4 is 20.1 Å². The summed E-state index contributed by atoms with van der Waals surface area (Å²) in [4.78, 5) is 13.7. The normalized spacial score (nSPS) is 19.5. The van der Waals surface area contributed by atoms with Crippen LogP contribution >= 0.6 is 0 Å². The van der Waals surface area contributed by atoms with E-state index in [0.29, 0.717) is 17.9 Å². The number of carbonyl (C=O) groups is 1. The fraction of sp³-hybridized carbons (Fsp3) is 0.250. The van der Waals surface area contributed by atoms with Crippen molar-refractivity contribution in [3.8, 4) is 11.5 Å². The van der Waals surface area contributed by atoms with Gasteiger partial charge in [-0.15, -0.1) is 0 Å². The summed E-state index contributed by atoms with van der Waals surface area (Å²) in [6.07, 6.45) is 1.24. The Hall–Kier alpha value is -3.73. The van der Waals surface area contributed by atoms with Crippen molar-refractivity contribution in [2.24, 2.45) is 0 Å². The second-order valence-corrected chi connectivity index (χ2v) is 8.66. The molecule has 5 nitrogen and oxygen atoms in total. The predicted octanol–water partition coefficient (Wildman–Crippen LogP) is 5.99. The van der Waals surface area contributed by atoms with Crippen LogP contribution in [0.25, 0.3) is 0 Å². The first-order valence-electron chi connectivity index (χ1n) is 11.2. The Labute approximate surface area is 194 Å². The highest BCUT2D eigenvalue weighted by atomic mass is 16.5. The van der Waals surface area contributed by atoms with Crippen molar-refractivity contribution in [2.75, 3.05) is 24.9 Å². The Bertz CT molecular complexity index is 1230. The Morgan fingerprint density at radius 3 is 2.33 bits per heavy atom. The Balaban J connectivity index is 1.64. The minimum Gasteiger partial charge on any atom is -0.493 e. The summed E-state index contributed by atoms with van der Waals surface area (Å²) < 4.78 is 11.3. The molecule has 3 aromatic rings. The maximum Gasteiger partial charge on any atom is 0.166 e. The number of hydrogen-bond donors (Lipinski definition) is 2. The predicted molar refractivity (Wildman–Crippen MR) is 131 cm³/mol. The number of hydrogen-bond acceptors (Lipinski definition) is 5. The van der Waals surface area contributed by atoms with E-state index in [1.807, 2.05) is 42.5 Å². The van der Waals surface area contributed by atoms with Gasteiger partial charge in [0.2, 0.25) is 0 Å². The van der Waals surface area contributed by atoms with E-state index in [2.05, 4.69) is 41.8 Å². The largest absolute Gasteiger partial charge is 0.493 e. The van der Waals surface area contributed by atoms with E-state index < -0.39 is 0 Å². The molecular formula is C28H28N2O3. The topological polar surface area (TPSA) is 59.6 Å². The number of anilines is 2. The Morgan fingerprint density at radius 1 is 0.848 bits per heavy atom. The minimum absolute atomic E-state index is 0.141. The number of para-hydroxylation sites is 3. The number of benzene rings is 3. The Morgan fingerprint density at radius 2 is 1.61 bits per heavy atom. The smallest absolute Gasteiger partial charge is 0.166 e. The number of fused-ring (bicyclic) bond motifs is 1. The van der Waals surface area contributed by atoms with E-state index in [9.17, 15) is 4.79 Å². The monoisotopic (exact) mass is 440 g/mol. The molecule has 0 aromatic heterocycles. The van der Waals surface area contributed by atoms with E-state index >= 15 is 0 Å². The number of nitrogens with one attached hydrogen (secondary N) is 2. The van der Waals surface area contributed by atoms with Gasteiger partial charge >= 0.3 is 0 Å². The van der Waals surface area contributed by atoms with Crippen LogP contribution in [0, 0.1) is 6.92 Å². The number of aryl methyl sites for hydroxylation is 1. The lowest BCUT2D eigenvalue weighted by molar-refractivity contribution is -0.116. The lowest BCUT2D eigenvalue weighted by Crippen LogP contribution is -2.27. The number of methoxy groups -OCH3 is 2. The van der Waals surface area contributed by atoms with Crippen LogP contribution in [0.2, 0.25) is 0 Å². The molecule has 33 heavy (non-hydrogen) atoms. The maximum absolute atomic E-state index is 13.7. The molecule has 0 bridgehead atoms. The summed E-state index contributed by atoms with van der Waals surface area (Å²) in [6.45, 7) is 2.08. The van der Waals surface area contributed by atoms with Crippen LogP contribution in [0.15, 0.2) is 78.0 Å². The molecule has 168 valence electrons. The summed E-state index contributed by atoms with van der Waals surface area (Å²) in [5.74, 6) is 1.56. The molecule has 0 spiro atoms. The highest BCUT2D eigenvalue weighted by Crippen LogP contribution is 2.47. The number of ketones is 1. The second kappa shape index (κ2) is 8.66. The number of carbonyl (C=O) groups excluding carboxylic acids is 1. The van der Waals surface area contributed by atoms with Crippen molar-refractivity contribution in [3.05, 3.63) is 94.7 Å². The molecule has 1 heterocycles. The molecule has 0 unspecified atom stereocenters. The molecule has 0 saturated heterocycles. The van der Waals surface area contributed by atoms with Crippen molar-refractivity contribution < 1.29 is 14.3 Å². The molecule has 2 aliphatic rings. The summed E-state index contributed by atoms with van der Waals surface area (Å²) in [5.41, 5.74) is 6.93. The van der Waals surface area contributed by atoms with Gasteiger partial charge in [0.05, 0.1) is 31.6 Å². The van der Waals surface area contributed by atoms with Gasteiger partial charge in [-0.05, 0) is 43.0 Å². The lowest BCUT2D eigenvalue weighted by Gasteiger charge is -2.30. The van der Waals surface area contributed by atoms with Gasteiger partial charge in [0.1, 0.15) is 0 Å². The average Bonchev–Trinajstić information content (AvgIpc) is 3.00. The van der Waals surface area contributed by atoms with E-state index in [4.69, 9.17) is 9.47 Å². The van der Waals surface area contributed by atoms with Crippen LogP contribution in [0.4, 0.5) is 11.4 Å². The molecule has 1 aliphatic heterocycles. The summed E-state index contributed by atoms with van der Waals surface area (Å²) >= 11 is 0. The van der Waals surface area contributed by atoms with Crippen molar-refractivity contribution in [1.29, 1.82) is 0 Å². The lowest BCUT2D eigenvalue weighted by atomic mass is 9.78. The molecule has 2 N–H and O–H groups in total. The molecule has 2 atom stereocenters. The van der Waals surface area contributed by atoms with Gasteiger partial charge in [0.15, 0.2) is 17.3 Å². The number of rotatable bonds is 4. The molecule has 0 radical (unpaired) electrons. The van der Waals surface area contributed by atoms with Gasteiger partial charge in [-0.2, -0.15) is 0 Å². The van der Waals surface area contributed by atoms with Crippen molar-refractivity contribution >= 4 is 17.2 Å². The van der Waals surface area contributed by atoms with Gasteiger partial charge < -0.3 is 20.1 Å². The van der Waals surface area contributed by atoms with Gasteiger partial charge in [-0.1, -0.05) is 54.1 Å². The number of Topliss-reactive ketones (excluding diaryl/α,β-unsaturated/α-hetero) is 1. The fourth-order valence-corrected chi connectivity index (χ4v) is 4.94. The SMILES string of the molecule is COc1cccc([C@@H]2Nc3ccccc3NC3=C2C(=O)C[C@H](c2ccc(C)cc2)C3)c1OC. The number of ether oxygens (including phenoxy) is 2. The summed E-state index contributed by atoms with van der Waals surface area (Å²) in [7, 11) is 3.26. The third-order valence-corrected chi connectivity index (χ3v) is 6.60. The molecule has 0 fully saturated rings. The van der Waals surface area contributed by atoms with Crippen LogP contribution in [-0.4, -0.2) is 20.0 Å². The third-order valence-electron chi connectivity index (χ3n) is 6.60. The summed E-state index contributed by atoms with van der Waals surface area (Å²) in [5, 5.41) is 7.21. The maximum atomic E-state index is 13.7. The highest BCUT2D eigenvalue weighted by Gasteiger charge is 2.37. The Kier molecular flexibility index (Phi) is 5.55. The molecule has 0 amide bonds. The zero-order chi connectivity index (χ0) is 22.9. The van der Waals surface area contributed by atoms with Crippen LogP contribution in [0.1, 0.15) is 41.5 Å². The standard InChI is InChI=1S/C28H28N2O3/c1-17-11-13-18(14-12-17)19-15-23-26(24(31)16-19)27(30-22-9-5-4-8-21(22)29-23)20-7-6-10-25(32-2)28(20)33-3/h4-14,19,27,29-30H,15-16H2,1-3H3/t19-,27+/m1/s1. The average molecular weight is 441 g/mol. The zero-order valence-electron chi connectivity index (χ0n) is 19.1. The fourth-order valence-electron chi connectivity index (χ4n) is 4.94. The zero-order valence-corrected chi connectivity index (χ0v) is 19.1. The second-order valence-electron chi connectivity index (χ2n) is 8.66. The first kappa shape index (κ1) is 21.1. The molecule has 1 aliphatic carbocycles. The quantitative estimate of drug-likeness (QED) is 0.522. The van der Waals surface area contributed by atoms with E-state index in [0.717, 1.165) is 34.6 Å². The highest BCUT2D eigenvalue weighted by molar-refractivity contribution is 6.01. The van der Waals surface area contributed by atoms with Crippen molar-refractivity contribution in [3.63, 3.8) is 0 Å².